The summed E-state index contributed by atoms with van der Waals surface area (Å²) >= 11 is 0. The maximum absolute atomic E-state index is 2.21. The van der Waals surface area contributed by atoms with E-state index < -0.39 is 0 Å². The Bertz CT molecular complexity index is 11.4. The van der Waals surface area contributed by atoms with Crippen LogP contribution < -0.4 is 0 Å². The Morgan fingerprint density at radius 3 is 1.33 bits per heavy atom. The van der Waals surface area contributed by atoms with Gasteiger partial charge in [-0.2, -0.15) is 0 Å². The SMILES string of the molecule is CCCCC.[InH3]. The Morgan fingerprint density at radius 1 is 1.00 bits per heavy atom. The summed E-state index contributed by atoms with van der Waals surface area (Å²) in [4.78, 5) is 0. The standard InChI is InChI=1S/C5H12.In.3H/c1-3-5-4-2;;;;/h3-5H2,1-2H3;;;;. The van der Waals surface area contributed by atoms with Crippen LogP contribution in [-0.2, 0) is 0 Å². The molecule has 0 bridgehead atoms. The van der Waals surface area contributed by atoms with Crippen LogP contribution in [0.5, 0.6) is 0 Å². The van der Waals surface area contributed by atoms with Crippen molar-refractivity contribution < 1.29 is 0 Å². The zero-order valence-corrected chi connectivity index (χ0v) is 4.12. The van der Waals surface area contributed by atoms with Gasteiger partial charge >= 0.3 is 25.8 Å². The third-order valence-corrected chi connectivity index (χ3v) is 0.707. The molecule has 0 aliphatic heterocycles. The molecule has 0 aliphatic rings. The van der Waals surface area contributed by atoms with Gasteiger partial charge in [0, 0.05) is 0 Å². The van der Waals surface area contributed by atoms with Crippen molar-refractivity contribution in [2.24, 2.45) is 0 Å². The predicted molar refractivity (Wildman–Crippen MR) is 35.1 cm³/mol. The molecule has 0 aromatic rings. The molecular weight excluding hydrogens is 175 g/mol. The minimum atomic E-state index is 0. The molecule has 0 N–H and O–H groups in total. The van der Waals surface area contributed by atoms with Crippen LogP contribution in [0.4, 0.5) is 0 Å². The van der Waals surface area contributed by atoms with E-state index in [4.69, 9.17) is 0 Å². The van der Waals surface area contributed by atoms with Gasteiger partial charge in [-0.25, -0.2) is 0 Å². The Morgan fingerprint density at radius 2 is 1.33 bits per heavy atom. The van der Waals surface area contributed by atoms with E-state index in [1.54, 1.807) is 0 Å². The van der Waals surface area contributed by atoms with E-state index in [2.05, 4.69) is 13.8 Å². The zero-order valence-electron chi connectivity index (χ0n) is 4.12. The van der Waals surface area contributed by atoms with E-state index in [0.29, 0.717) is 0 Å². The third kappa shape index (κ3) is 8.85. The van der Waals surface area contributed by atoms with Crippen molar-refractivity contribution in [2.45, 2.75) is 33.1 Å². The van der Waals surface area contributed by atoms with Crippen molar-refractivity contribution in [3.63, 3.8) is 0 Å². The maximum atomic E-state index is 2.21. The van der Waals surface area contributed by atoms with Crippen molar-refractivity contribution in [3.05, 3.63) is 0 Å². The van der Waals surface area contributed by atoms with Gasteiger partial charge in [0.1, 0.15) is 0 Å². The molecule has 0 aromatic carbocycles. The third-order valence-electron chi connectivity index (χ3n) is 0.707. The Hall–Kier alpha value is 0.870. The van der Waals surface area contributed by atoms with Crippen LogP contribution in [0.15, 0.2) is 0 Å². The van der Waals surface area contributed by atoms with Crippen LogP contribution in [-0.4, -0.2) is 25.8 Å². The molecular formula is C5H15In. The van der Waals surface area contributed by atoms with E-state index in [0.717, 1.165) is 0 Å². The molecule has 6 heavy (non-hydrogen) atoms. The van der Waals surface area contributed by atoms with Gasteiger partial charge in [0.2, 0.25) is 0 Å². The molecule has 0 fully saturated rings. The number of hydrogen-bond acceptors (Lipinski definition) is 0. The Labute approximate surface area is 59.1 Å². The van der Waals surface area contributed by atoms with E-state index >= 15 is 0 Å². The van der Waals surface area contributed by atoms with Gasteiger partial charge in [-0.15, -0.1) is 0 Å². The first-order valence-corrected chi connectivity index (χ1v) is 2.41. The quantitative estimate of drug-likeness (QED) is 0.609. The fourth-order valence-corrected chi connectivity index (χ4v) is 0.354. The van der Waals surface area contributed by atoms with Crippen LogP contribution in [0.3, 0.4) is 0 Å². The van der Waals surface area contributed by atoms with Crippen LogP contribution in [0.2, 0.25) is 0 Å². The number of rotatable bonds is 2. The van der Waals surface area contributed by atoms with E-state index in [1.165, 1.54) is 19.3 Å². The molecule has 0 rings (SSSR count). The summed E-state index contributed by atoms with van der Waals surface area (Å²) in [5.41, 5.74) is 0. The van der Waals surface area contributed by atoms with Crippen molar-refractivity contribution >= 4 is 25.8 Å². The monoisotopic (exact) mass is 190 g/mol. The molecule has 0 heterocycles. The van der Waals surface area contributed by atoms with Crippen molar-refractivity contribution in [3.8, 4) is 0 Å². The van der Waals surface area contributed by atoms with Gasteiger partial charge < -0.3 is 0 Å². The minimum absolute atomic E-state index is 0. The first kappa shape index (κ1) is 9.98. The summed E-state index contributed by atoms with van der Waals surface area (Å²) in [5, 5.41) is 0. The summed E-state index contributed by atoms with van der Waals surface area (Å²) in [7, 11) is 0. The van der Waals surface area contributed by atoms with E-state index in [1.807, 2.05) is 0 Å². The molecule has 0 unspecified atom stereocenters. The summed E-state index contributed by atoms with van der Waals surface area (Å²) in [6.45, 7) is 4.42. The molecule has 0 radical (unpaired) electrons. The normalized spacial score (nSPS) is 7.00. The predicted octanol–water partition coefficient (Wildman–Crippen LogP) is 1.01. The Kier molecular flexibility index (Phi) is 15.5. The summed E-state index contributed by atoms with van der Waals surface area (Å²) in [6.07, 6.45) is 4.08. The molecule has 0 saturated heterocycles. The summed E-state index contributed by atoms with van der Waals surface area (Å²) < 4.78 is 0. The Balaban J connectivity index is 0. The first-order valence-electron chi connectivity index (χ1n) is 2.41. The summed E-state index contributed by atoms with van der Waals surface area (Å²) in [6, 6.07) is 0. The molecule has 0 amide bonds. The molecule has 0 atom stereocenters. The molecule has 1 heteroatoms. The zero-order chi connectivity index (χ0) is 4.12. The molecule has 0 aliphatic carbocycles. The van der Waals surface area contributed by atoms with E-state index in [9.17, 15) is 0 Å². The van der Waals surface area contributed by atoms with Gasteiger partial charge in [0.15, 0.2) is 0 Å². The van der Waals surface area contributed by atoms with Crippen molar-refractivity contribution in [2.75, 3.05) is 0 Å². The fourth-order valence-electron chi connectivity index (χ4n) is 0.354. The van der Waals surface area contributed by atoms with Crippen LogP contribution in [0.1, 0.15) is 33.1 Å². The number of unbranched alkanes of at least 4 members (excludes halogenated alkanes) is 2. The van der Waals surface area contributed by atoms with Crippen molar-refractivity contribution in [1.82, 2.24) is 0 Å². The van der Waals surface area contributed by atoms with Crippen LogP contribution in [0.25, 0.3) is 0 Å². The van der Waals surface area contributed by atoms with Crippen molar-refractivity contribution in [1.29, 1.82) is 0 Å². The number of hydrogen-bond donors (Lipinski definition) is 0. The average Bonchev–Trinajstić information content (AvgIpc) is 1.41. The summed E-state index contributed by atoms with van der Waals surface area (Å²) in [5.74, 6) is 0. The molecule has 0 spiro atoms. The molecule has 38 valence electrons. The second-order valence-electron chi connectivity index (χ2n) is 1.35. The molecule has 0 saturated carbocycles. The second kappa shape index (κ2) is 9.30. The van der Waals surface area contributed by atoms with Gasteiger partial charge in [0.05, 0.1) is 0 Å². The average molecular weight is 190 g/mol. The fraction of sp³-hybridized carbons (Fsp3) is 1.00. The molecule has 0 aromatic heterocycles. The van der Waals surface area contributed by atoms with Gasteiger partial charge in [0.25, 0.3) is 0 Å². The molecule has 0 nitrogen and oxygen atoms in total. The van der Waals surface area contributed by atoms with Crippen LogP contribution in [0, 0.1) is 0 Å². The van der Waals surface area contributed by atoms with Gasteiger partial charge in [-0.3, -0.25) is 0 Å². The topological polar surface area (TPSA) is 0 Å². The second-order valence-corrected chi connectivity index (χ2v) is 1.35. The van der Waals surface area contributed by atoms with Gasteiger partial charge in [-0.05, 0) is 0 Å². The van der Waals surface area contributed by atoms with E-state index in [-0.39, 0.29) is 25.8 Å². The van der Waals surface area contributed by atoms with Gasteiger partial charge in [-0.1, -0.05) is 33.1 Å². The first-order chi connectivity index (χ1) is 2.41. The van der Waals surface area contributed by atoms with Crippen LogP contribution >= 0.6 is 0 Å².